The van der Waals surface area contributed by atoms with Crippen molar-refractivity contribution < 1.29 is 27.5 Å². The molecule has 0 N–H and O–H groups in total. The van der Waals surface area contributed by atoms with Crippen molar-refractivity contribution in [3.63, 3.8) is 0 Å². The van der Waals surface area contributed by atoms with Crippen molar-refractivity contribution in [2.24, 2.45) is 5.92 Å². The number of nitrogens with zero attached hydrogens (tertiary/aromatic N) is 1. The number of ether oxygens (including phenoxy) is 1. The normalized spacial score (nSPS) is 24.8. The lowest BCUT2D eigenvalue weighted by molar-refractivity contribution is -0.192. The molecule has 2 atom stereocenters. The molecular weight excluding hydrogens is 251 g/mol. The van der Waals surface area contributed by atoms with E-state index in [0.29, 0.717) is 17.7 Å². The first-order valence-electron chi connectivity index (χ1n) is 5.76. The van der Waals surface area contributed by atoms with Gasteiger partial charge in [0.05, 0.1) is 7.11 Å². The van der Waals surface area contributed by atoms with E-state index in [2.05, 4.69) is 4.74 Å². The van der Waals surface area contributed by atoms with E-state index in [0.717, 1.165) is 7.11 Å². The lowest BCUT2D eigenvalue weighted by Gasteiger charge is -2.38. The van der Waals surface area contributed by atoms with E-state index in [1.54, 1.807) is 0 Å². The van der Waals surface area contributed by atoms with Gasteiger partial charge in [0.1, 0.15) is 6.04 Å². The third kappa shape index (κ3) is 3.14. The molecule has 7 heteroatoms. The fourth-order valence-corrected chi connectivity index (χ4v) is 2.15. The highest BCUT2D eigenvalue weighted by atomic mass is 19.4. The number of carbonyl (C=O) groups excluding carboxylic acids is 2. The van der Waals surface area contributed by atoms with Gasteiger partial charge in [-0.15, -0.1) is 0 Å². The van der Waals surface area contributed by atoms with E-state index in [1.165, 1.54) is 0 Å². The van der Waals surface area contributed by atoms with Crippen LogP contribution in [-0.4, -0.2) is 42.6 Å². The molecule has 1 fully saturated rings. The largest absolute Gasteiger partial charge is 0.471 e. The topological polar surface area (TPSA) is 46.6 Å². The standard InChI is InChI=1S/C11H16F3NO3/c1-3-7-4-5-8(9(16)18-2)15(6-7)10(17)11(12,13)14/h7-8H,3-6H2,1-2H3/t7-,8+/m1/s1. The Balaban J connectivity index is 2.90. The van der Waals surface area contributed by atoms with Gasteiger partial charge in [-0.3, -0.25) is 4.79 Å². The fraction of sp³-hybridized carbons (Fsp3) is 0.818. The second-order valence-corrected chi connectivity index (χ2v) is 4.35. The maximum atomic E-state index is 12.5. The van der Waals surface area contributed by atoms with Gasteiger partial charge >= 0.3 is 18.1 Å². The molecule has 104 valence electrons. The summed E-state index contributed by atoms with van der Waals surface area (Å²) in [5.41, 5.74) is 0. The molecule has 0 unspecified atom stereocenters. The number of hydrogen-bond acceptors (Lipinski definition) is 3. The summed E-state index contributed by atoms with van der Waals surface area (Å²) in [4.78, 5) is 23.3. The quantitative estimate of drug-likeness (QED) is 0.716. The van der Waals surface area contributed by atoms with Crippen LogP contribution in [0, 0.1) is 5.92 Å². The molecule has 4 nitrogen and oxygen atoms in total. The number of piperidine rings is 1. The van der Waals surface area contributed by atoms with Crippen molar-refractivity contribution in [3.8, 4) is 0 Å². The van der Waals surface area contributed by atoms with E-state index in [9.17, 15) is 22.8 Å². The monoisotopic (exact) mass is 267 g/mol. The van der Waals surface area contributed by atoms with Gasteiger partial charge in [0.25, 0.3) is 0 Å². The first-order valence-corrected chi connectivity index (χ1v) is 5.76. The predicted octanol–water partition coefficient (Wildman–Crippen LogP) is 1.74. The highest BCUT2D eigenvalue weighted by Gasteiger charge is 2.48. The number of likely N-dealkylation sites (tertiary alicyclic amines) is 1. The number of halogens is 3. The predicted molar refractivity (Wildman–Crippen MR) is 56.6 cm³/mol. The molecule has 0 spiro atoms. The summed E-state index contributed by atoms with van der Waals surface area (Å²) in [7, 11) is 1.10. The summed E-state index contributed by atoms with van der Waals surface area (Å²) in [6.45, 7) is 1.80. The maximum Gasteiger partial charge on any atom is 0.471 e. The smallest absolute Gasteiger partial charge is 0.467 e. The number of esters is 1. The molecule has 1 saturated heterocycles. The fourth-order valence-electron chi connectivity index (χ4n) is 2.15. The van der Waals surface area contributed by atoms with E-state index in [-0.39, 0.29) is 18.9 Å². The Morgan fingerprint density at radius 2 is 1.94 bits per heavy atom. The minimum absolute atomic E-state index is 0.00259. The first kappa shape index (κ1) is 14.8. The molecule has 0 radical (unpaired) electrons. The van der Waals surface area contributed by atoms with Crippen LogP contribution in [0.25, 0.3) is 0 Å². The summed E-state index contributed by atoms with van der Waals surface area (Å²) in [6.07, 6.45) is -3.44. The second kappa shape index (κ2) is 5.58. The average molecular weight is 267 g/mol. The molecule has 0 aliphatic carbocycles. The van der Waals surface area contributed by atoms with E-state index in [4.69, 9.17) is 0 Å². The summed E-state index contributed by atoms with van der Waals surface area (Å²) in [5.74, 6) is -2.75. The van der Waals surface area contributed by atoms with Gasteiger partial charge in [0, 0.05) is 6.54 Å². The molecule has 1 heterocycles. The van der Waals surface area contributed by atoms with Gasteiger partial charge in [-0.25, -0.2) is 4.79 Å². The highest BCUT2D eigenvalue weighted by Crippen LogP contribution is 2.29. The third-order valence-corrected chi connectivity index (χ3v) is 3.23. The summed E-state index contributed by atoms with van der Waals surface area (Å²) >= 11 is 0. The van der Waals surface area contributed by atoms with E-state index < -0.39 is 24.1 Å². The van der Waals surface area contributed by atoms with Crippen molar-refractivity contribution in [2.45, 2.75) is 38.4 Å². The van der Waals surface area contributed by atoms with Crippen LogP contribution in [0.4, 0.5) is 13.2 Å². The van der Waals surface area contributed by atoms with Gasteiger partial charge in [0.2, 0.25) is 0 Å². The number of amides is 1. The molecule has 0 aromatic rings. The van der Waals surface area contributed by atoms with Crippen LogP contribution >= 0.6 is 0 Å². The lowest BCUT2D eigenvalue weighted by atomic mass is 9.90. The minimum atomic E-state index is -4.96. The number of rotatable bonds is 2. The van der Waals surface area contributed by atoms with E-state index >= 15 is 0 Å². The van der Waals surface area contributed by atoms with Crippen molar-refractivity contribution >= 4 is 11.9 Å². The zero-order valence-corrected chi connectivity index (χ0v) is 10.3. The molecule has 1 rings (SSSR count). The number of methoxy groups -OCH3 is 1. The van der Waals surface area contributed by atoms with Crippen LogP contribution in [0.1, 0.15) is 26.2 Å². The molecule has 0 saturated carbocycles. The summed E-state index contributed by atoms with van der Waals surface area (Å²) in [6, 6.07) is -1.12. The summed E-state index contributed by atoms with van der Waals surface area (Å²) in [5, 5.41) is 0. The Hall–Kier alpha value is -1.27. The Kier molecular flexibility index (Phi) is 4.59. The second-order valence-electron chi connectivity index (χ2n) is 4.35. The van der Waals surface area contributed by atoms with Crippen molar-refractivity contribution in [2.75, 3.05) is 13.7 Å². The molecule has 18 heavy (non-hydrogen) atoms. The minimum Gasteiger partial charge on any atom is -0.467 e. The van der Waals surface area contributed by atoms with Gasteiger partial charge in [-0.1, -0.05) is 13.3 Å². The van der Waals surface area contributed by atoms with Crippen LogP contribution in [0.3, 0.4) is 0 Å². The highest BCUT2D eigenvalue weighted by molar-refractivity contribution is 5.87. The Morgan fingerprint density at radius 1 is 1.33 bits per heavy atom. The molecule has 1 aliphatic heterocycles. The van der Waals surface area contributed by atoms with Gasteiger partial charge in [-0.2, -0.15) is 13.2 Å². The van der Waals surface area contributed by atoms with Crippen LogP contribution < -0.4 is 0 Å². The molecule has 0 aromatic carbocycles. The van der Waals surface area contributed by atoms with Gasteiger partial charge in [-0.05, 0) is 18.8 Å². The van der Waals surface area contributed by atoms with Crippen LogP contribution in [0.2, 0.25) is 0 Å². The molecular formula is C11H16F3NO3. The number of alkyl halides is 3. The third-order valence-electron chi connectivity index (χ3n) is 3.23. The molecule has 0 aromatic heterocycles. The zero-order chi connectivity index (χ0) is 13.9. The van der Waals surface area contributed by atoms with E-state index in [1.807, 2.05) is 6.92 Å². The Labute approximate surface area is 103 Å². The SMILES string of the molecule is CC[C@@H]1CC[C@@H](C(=O)OC)N(C(=O)C(F)(F)F)C1. The Morgan fingerprint density at radius 3 is 2.39 bits per heavy atom. The van der Waals surface area contributed by atoms with Crippen LogP contribution in [-0.2, 0) is 14.3 Å². The lowest BCUT2D eigenvalue weighted by Crippen LogP contribution is -2.54. The Bertz CT molecular complexity index is 330. The molecule has 0 bridgehead atoms. The number of hydrogen-bond donors (Lipinski definition) is 0. The van der Waals surface area contributed by atoms with Gasteiger partial charge in [0.15, 0.2) is 0 Å². The van der Waals surface area contributed by atoms with Crippen LogP contribution in [0.5, 0.6) is 0 Å². The molecule has 1 amide bonds. The first-order chi connectivity index (χ1) is 8.31. The molecule has 1 aliphatic rings. The van der Waals surface area contributed by atoms with Gasteiger partial charge < -0.3 is 9.64 Å². The maximum absolute atomic E-state index is 12.5. The summed E-state index contributed by atoms with van der Waals surface area (Å²) < 4.78 is 41.8. The number of carbonyl (C=O) groups is 2. The van der Waals surface area contributed by atoms with Crippen molar-refractivity contribution in [1.82, 2.24) is 4.90 Å². The average Bonchev–Trinajstić information content (AvgIpc) is 2.35. The van der Waals surface area contributed by atoms with Crippen molar-refractivity contribution in [3.05, 3.63) is 0 Å². The zero-order valence-electron chi connectivity index (χ0n) is 10.3. The van der Waals surface area contributed by atoms with Crippen LogP contribution in [0.15, 0.2) is 0 Å². The van der Waals surface area contributed by atoms with Crippen molar-refractivity contribution in [1.29, 1.82) is 0 Å².